The number of nitrogens with two attached hydrogens (primary N) is 1. The number of sulfonamides is 1. The molecule has 0 amide bonds. The van der Waals surface area contributed by atoms with Crippen molar-refractivity contribution in [3.8, 4) is 0 Å². The van der Waals surface area contributed by atoms with Crippen LogP contribution in [0.4, 0.5) is 5.69 Å². The zero-order chi connectivity index (χ0) is 14.6. The second kappa shape index (κ2) is 6.38. The Morgan fingerprint density at radius 2 is 2.20 bits per heavy atom. The summed E-state index contributed by atoms with van der Waals surface area (Å²) in [7, 11) is -3.53. The van der Waals surface area contributed by atoms with Crippen LogP contribution in [0.5, 0.6) is 0 Å². The Kier molecular flexibility index (Phi) is 4.79. The van der Waals surface area contributed by atoms with E-state index >= 15 is 0 Å². The number of aromatic nitrogens is 2. The first-order chi connectivity index (χ1) is 9.49. The minimum absolute atomic E-state index is 0.185. The standard InChI is InChI=1S/C12H15BrN4O2S/c13-10-8-9(14)3-4-11(10)20(18,19)17-5-1-2-12-15-6-7-16-12/h3-4,6-8,17H,1-2,5,14H2,(H,15,16). The highest BCUT2D eigenvalue weighted by molar-refractivity contribution is 9.10. The normalized spacial score (nSPS) is 11.7. The Morgan fingerprint density at radius 3 is 2.85 bits per heavy atom. The van der Waals surface area contributed by atoms with Crippen LogP contribution in [0.15, 0.2) is 40.0 Å². The maximum Gasteiger partial charge on any atom is 0.241 e. The predicted molar refractivity (Wildman–Crippen MR) is 80.7 cm³/mol. The Morgan fingerprint density at radius 1 is 1.40 bits per heavy atom. The molecule has 8 heteroatoms. The average Bonchev–Trinajstić information content (AvgIpc) is 2.87. The van der Waals surface area contributed by atoms with E-state index in [0.29, 0.717) is 29.5 Å². The largest absolute Gasteiger partial charge is 0.399 e. The van der Waals surface area contributed by atoms with Gasteiger partial charge in [0, 0.05) is 35.5 Å². The molecular formula is C12H15BrN4O2S. The van der Waals surface area contributed by atoms with Gasteiger partial charge < -0.3 is 10.7 Å². The number of rotatable bonds is 6. The molecule has 0 aliphatic heterocycles. The molecule has 0 fully saturated rings. The zero-order valence-electron chi connectivity index (χ0n) is 10.6. The van der Waals surface area contributed by atoms with Crippen LogP contribution in [0, 0.1) is 0 Å². The average molecular weight is 359 g/mol. The minimum atomic E-state index is -3.53. The van der Waals surface area contributed by atoms with Gasteiger partial charge in [0.2, 0.25) is 10.0 Å². The number of H-pyrrole nitrogens is 1. The number of hydrogen-bond donors (Lipinski definition) is 3. The highest BCUT2D eigenvalue weighted by Gasteiger charge is 2.16. The molecule has 0 atom stereocenters. The molecule has 108 valence electrons. The van der Waals surface area contributed by atoms with Crippen molar-refractivity contribution in [1.29, 1.82) is 0 Å². The zero-order valence-corrected chi connectivity index (χ0v) is 13.0. The minimum Gasteiger partial charge on any atom is -0.399 e. The first-order valence-electron chi connectivity index (χ1n) is 6.02. The maximum absolute atomic E-state index is 12.1. The van der Waals surface area contributed by atoms with Crippen molar-refractivity contribution in [2.75, 3.05) is 12.3 Å². The first kappa shape index (κ1) is 15.0. The highest BCUT2D eigenvalue weighted by atomic mass is 79.9. The van der Waals surface area contributed by atoms with Gasteiger partial charge in [0.1, 0.15) is 5.82 Å². The summed E-state index contributed by atoms with van der Waals surface area (Å²) in [5.74, 6) is 0.845. The maximum atomic E-state index is 12.1. The molecule has 0 aliphatic rings. The summed E-state index contributed by atoms with van der Waals surface area (Å²) in [6, 6.07) is 4.61. The van der Waals surface area contributed by atoms with Crippen LogP contribution in [0.25, 0.3) is 0 Å². The predicted octanol–water partition coefficient (Wildman–Crippen LogP) is 1.67. The number of nitrogens with one attached hydrogen (secondary N) is 2. The molecule has 1 aromatic carbocycles. The van der Waals surface area contributed by atoms with Gasteiger partial charge in [0.05, 0.1) is 4.90 Å². The molecule has 0 radical (unpaired) electrons. The summed E-state index contributed by atoms with van der Waals surface area (Å²) in [4.78, 5) is 7.24. The number of nitrogen functional groups attached to an aromatic ring is 1. The van der Waals surface area contributed by atoms with Gasteiger partial charge in [-0.2, -0.15) is 0 Å². The van der Waals surface area contributed by atoms with Crippen LogP contribution >= 0.6 is 15.9 Å². The van der Waals surface area contributed by atoms with E-state index in [9.17, 15) is 8.42 Å². The number of aryl methyl sites for hydroxylation is 1. The summed E-state index contributed by atoms with van der Waals surface area (Å²) in [5.41, 5.74) is 6.10. The van der Waals surface area contributed by atoms with Crippen molar-refractivity contribution in [3.05, 3.63) is 40.9 Å². The van der Waals surface area contributed by atoms with E-state index in [4.69, 9.17) is 5.73 Å². The summed E-state index contributed by atoms with van der Waals surface area (Å²) < 4.78 is 27.3. The van der Waals surface area contributed by atoms with E-state index in [0.717, 1.165) is 5.82 Å². The summed E-state index contributed by atoms with van der Waals surface area (Å²) in [6.07, 6.45) is 4.77. The topological polar surface area (TPSA) is 101 Å². The van der Waals surface area contributed by atoms with E-state index in [1.54, 1.807) is 24.5 Å². The highest BCUT2D eigenvalue weighted by Crippen LogP contribution is 2.23. The molecule has 0 aliphatic carbocycles. The van der Waals surface area contributed by atoms with Gasteiger partial charge in [-0.05, 0) is 40.5 Å². The molecule has 1 aromatic heterocycles. The van der Waals surface area contributed by atoms with Crippen molar-refractivity contribution in [2.24, 2.45) is 0 Å². The van der Waals surface area contributed by atoms with Crippen molar-refractivity contribution in [3.63, 3.8) is 0 Å². The lowest BCUT2D eigenvalue weighted by Gasteiger charge is -2.08. The SMILES string of the molecule is Nc1ccc(S(=O)(=O)NCCCc2ncc[nH]2)c(Br)c1. The van der Waals surface area contributed by atoms with Crippen molar-refractivity contribution in [2.45, 2.75) is 17.7 Å². The lowest BCUT2D eigenvalue weighted by atomic mass is 10.3. The fraction of sp³-hybridized carbons (Fsp3) is 0.250. The van der Waals surface area contributed by atoms with Crippen LogP contribution in [0.2, 0.25) is 0 Å². The fourth-order valence-corrected chi connectivity index (χ4v) is 3.88. The third kappa shape index (κ3) is 3.81. The Balaban J connectivity index is 1.93. The number of benzene rings is 1. The number of hydrogen-bond acceptors (Lipinski definition) is 4. The van der Waals surface area contributed by atoms with Gasteiger partial charge in [0.25, 0.3) is 0 Å². The summed E-state index contributed by atoms with van der Waals surface area (Å²) in [5, 5.41) is 0. The number of nitrogens with zero attached hydrogens (tertiary/aromatic N) is 1. The van der Waals surface area contributed by atoms with Crippen molar-refractivity contribution >= 4 is 31.6 Å². The van der Waals surface area contributed by atoms with Crippen LogP contribution in [-0.2, 0) is 16.4 Å². The smallest absolute Gasteiger partial charge is 0.241 e. The van der Waals surface area contributed by atoms with Crippen molar-refractivity contribution in [1.82, 2.24) is 14.7 Å². The van der Waals surface area contributed by atoms with E-state index in [2.05, 4.69) is 30.6 Å². The molecule has 2 aromatic rings. The molecule has 0 saturated carbocycles. The molecule has 6 nitrogen and oxygen atoms in total. The van der Waals surface area contributed by atoms with Gasteiger partial charge in [0.15, 0.2) is 0 Å². The third-order valence-corrected chi connectivity index (χ3v) is 5.12. The number of anilines is 1. The van der Waals surface area contributed by atoms with Crippen LogP contribution in [0.3, 0.4) is 0 Å². The van der Waals surface area contributed by atoms with Gasteiger partial charge in [-0.3, -0.25) is 0 Å². The van der Waals surface area contributed by atoms with E-state index in [1.807, 2.05) is 0 Å². The van der Waals surface area contributed by atoms with Gasteiger partial charge in [-0.1, -0.05) is 0 Å². The lowest BCUT2D eigenvalue weighted by molar-refractivity contribution is 0.578. The molecule has 0 unspecified atom stereocenters. The monoisotopic (exact) mass is 358 g/mol. The molecule has 0 bridgehead atoms. The second-order valence-electron chi connectivity index (χ2n) is 4.23. The Bertz CT molecular complexity index is 671. The third-order valence-electron chi connectivity index (χ3n) is 2.68. The Hall–Kier alpha value is -1.38. The Labute approximate surface area is 126 Å². The van der Waals surface area contributed by atoms with Gasteiger partial charge in [-0.25, -0.2) is 18.1 Å². The summed E-state index contributed by atoms with van der Waals surface area (Å²) in [6.45, 7) is 0.347. The van der Waals surface area contributed by atoms with Gasteiger partial charge in [-0.15, -0.1) is 0 Å². The number of aromatic amines is 1. The quantitative estimate of drug-likeness (QED) is 0.539. The van der Waals surface area contributed by atoms with E-state index in [-0.39, 0.29) is 4.90 Å². The molecule has 0 saturated heterocycles. The molecule has 4 N–H and O–H groups in total. The van der Waals surface area contributed by atoms with E-state index < -0.39 is 10.0 Å². The molecular weight excluding hydrogens is 344 g/mol. The second-order valence-corrected chi connectivity index (χ2v) is 6.82. The first-order valence-corrected chi connectivity index (χ1v) is 8.29. The van der Waals surface area contributed by atoms with Crippen LogP contribution < -0.4 is 10.5 Å². The molecule has 0 spiro atoms. The lowest BCUT2D eigenvalue weighted by Crippen LogP contribution is -2.25. The van der Waals surface area contributed by atoms with Crippen LogP contribution in [0.1, 0.15) is 12.2 Å². The molecule has 20 heavy (non-hydrogen) atoms. The van der Waals surface area contributed by atoms with Crippen molar-refractivity contribution < 1.29 is 8.42 Å². The van der Waals surface area contributed by atoms with Crippen LogP contribution in [-0.4, -0.2) is 24.9 Å². The van der Waals surface area contributed by atoms with E-state index in [1.165, 1.54) is 6.07 Å². The fourth-order valence-electron chi connectivity index (χ4n) is 1.71. The summed E-state index contributed by atoms with van der Waals surface area (Å²) >= 11 is 3.21. The number of imidazole rings is 1. The number of halogens is 1. The van der Waals surface area contributed by atoms with Gasteiger partial charge >= 0.3 is 0 Å². The molecule has 1 heterocycles. The molecule has 2 rings (SSSR count).